The molecular formula is C14H17NS. The second kappa shape index (κ2) is 5.26. The minimum Gasteiger partial charge on any atom is -0.246 e. The van der Waals surface area contributed by atoms with Crippen LogP contribution in [-0.2, 0) is 12.8 Å². The van der Waals surface area contributed by atoms with E-state index < -0.39 is 0 Å². The first-order chi connectivity index (χ1) is 7.78. The fraction of sp³-hybridized carbons (Fsp3) is 0.357. The first kappa shape index (κ1) is 11.3. The molecule has 0 atom stereocenters. The lowest BCUT2D eigenvalue weighted by Gasteiger charge is -1.98. The van der Waals surface area contributed by atoms with Crippen LogP contribution in [0.4, 0.5) is 0 Å². The van der Waals surface area contributed by atoms with Crippen molar-refractivity contribution in [1.29, 1.82) is 0 Å². The monoisotopic (exact) mass is 231 g/mol. The number of benzene rings is 1. The Morgan fingerprint density at radius 3 is 2.62 bits per heavy atom. The molecule has 0 spiro atoms. The number of aromatic nitrogens is 1. The highest BCUT2D eigenvalue weighted by atomic mass is 32.1. The molecule has 0 amide bonds. The summed E-state index contributed by atoms with van der Waals surface area (Å²) >= 11 is 1.78. The van der Waals surface area contributed by atoms with Gasteiger partial charge in [-0.15, -0.1) is 11.3 Å². The Bertz CT molecular complexity index is 442. The van der Waals surface area contributed by atoms with Gasteiger partial charge >= 0.3 is 0 Å². The van der Waals surface area contributed by atoms with E-state index in [9.17, 15) is 0 Å². The van der Waals surface area contributed by atoms with Crippen molar-refractivity contribution in [3.05, 3.63) is 51.5 Å². The molecule has 0 aliphatic heterocycles. The molecule has 0 saturated heterocycles. The fourth-order valence-electron chi connectivity index (χ4n) is 1.68. The maximum Gasteiger partial charge on any atom is 0.0972 e. The van der Waals surface area contributed by atoms with Gasteiger partial charge in [0.2, 0.25) is 0 Å². The summed E-state index contributed by atoms with van der Waals surface area (Å²) in [5.41, 5.74) is 3.91. The van der Waals surface area contributed by atoms with Crippen molar-refractivity contribution in [3.8, 4) is 0 Å². The summed E-state index contributed by atoms with van der Waals surface area (Å²) in [6.45, 7) is 4.31. The lowest BCUT2D eigenvalue weighted by atomic mass is 10.1. The van der Waals surface area contributed by atoms with Gasteiger partial charge < -0.3 is 0 Å². The van der Waals surface area contributed by atoms with E-state index in [2.05, 4.69) is 48.5 Å². The van der Waals surface area contributed by atoms with E-state index in [0.29, 0.717) is 0 Å². The quantitative estimate of drug-likeness (QED) is 0.775. The molecule has 0 aliphatic carbocycles. The highest BCUT2D eigenvalue weighted by molar-refractivity contribution is 7.09. The topological polar surface area (TPSA) is 12.9 Å². The van der Waals surface area contributed by atoms with E-state index >= 15 is 0 Å². The second-order valence-electron chi connectivity index (χ2n) is 4.14. The highest BCUT2D eigenvalue weighted by Gasteiger charge is 2.02. The van der Waals surface area contributed by atoms with Crippen molar-refractivity contribution in [1.82, 2.24) is 4.98 Å². The number of thiazole rings is 1. The van der Waals surface area contributed by atoms with E-state index in [1.54, 1.807) is 11.3 Å². The Hall–Kier alpha value is -1.15. The third-order valence-electron chi connectivity index (χ3n) is 2.58. The van der Waals surface area contributed by atoms with Gasteiger partial charge in [-0.25, -0.2) is 4.98 Å². The Balaban J connectivity index is 2.05. The summed E-state index contributed by atoms with van der Waals surface area (Å²) < 4.78 is 0. The number of nitrogens with zero attached hydrogens (tertiary/aromatic N) is 1. The predicted octanol–water partition coefficient (Wildman–Crippen LogP) is 3.99. The lowest BCUT2D eigenvalue weighted by molar-refractivity contribution is 0.883. The predicted molar refractivity (Wildman–Crippen MR) is 70.1 cm³/mol. The average molecular weight is 231 g/mol. The third kappa shape index (κ3) is 2.92. The van der Waals surface area contributed by atoms with E-state index in [1.165, 1.54) is 28.2 Å². The van der Waals surface area contributed by atoms with Crippen LogP contribution in [0.2, 0.25) is 0 Å². The van der Waals surface area contributed by atoms with Crippen LogP contribution >= 0.6 is 11.3 Å². The van der Waals surface area contributed by atoms with E-state index in [-0.39, 0.29) is 0 Å². The SMILES string of the molecule is CCCc1csc(Cc2ccc(C)cc2)n1. The average Bonchev–Trinajstić information content (AvgIpc) is 2.70. The van der Waals surface area contributed by atoms with Crippen LogP contribution in [0, 0.1) is 6.92 Å². The number of rotatable bonds is 4. The second-order valence-corrected chi connectivity index (χ2v) is 5.09. The Morgan fingerprint density at radius 1 is 1.19 bits per heavy atom. The van der Waals surface area contributed by atoms with Crippen molar-refractivity contribution in [3.63, 3.8) is 0 Å². The van der Waals surface area contributed by atoms with E-state index in [0.717, 1.165) is 12.8 Å². The Kier molecular flexibility index (Phi) is 3.73. The van der Waals surface area contributed by atoms with Crippen LogP contribution in [0.25, 0.3) is 0 Å². The molecule has 0 unspecified atom stereocenters. The molecule has 1 heterocycles. The normalized spacial score (nSPS) is 10.6. The van der Waals surface area contributed by atoms with Gasteiger partial charge in [0.15, 0.2) is 0 Å². The van der Waals surface area contributed by atoms with E-state index in [1.807, 2.05) is 0 Å². The van der Waals surface area contributed by atoms with Crippen molar-refractivity contribution in [2.24, 2.45) is 0 Å². The van der Waals surface area contributed by atoms with Crippen LogP contribution in [-0.4, -0.2) is 4.98 Å². The maximum atomic E-state index is 4.64. The molecule has 1 aromatic carbocycles. The smallest absolute Gasteiger partial charge is 0.0972 e. The molecule has 0 bridgehead atoms. The molecule has 2 aromatic rings. The number of hydrogen-bond donors (Lipinski definition) is 0. The summed E-state index contributed by atoms with van der Waals surface area (Å²) in [5.74, 6) is 0. The summed E-state index contributed by atoms with van der Waals surface area (Å²) in [6.07, 6.45) is 3.24. The van der Waals surface area contributed by atoms with Gasteiger partial charge in [0.1, 0.15) is 0 Å². The van der Waals surface area contributed by atoms with Crippen molar-refractivity contribution >= 4 is 11.3 Å². The van der Waals surface area contributed by atoms with Gasteiger partial charge in [0, 0.05) is 11.8 Å². The maximum absolute atomic E-state index is 4.64. The summed E-state index contributed by atoms with van der Waals surface area (Å²) in [7, 11) is 0. The summed E-state index contributed by atoms with van der Waals surface area (Å²) in [6, 6.07) is 8.71. The molecule has 2 heteroatoms. The van der Waals surface area contributed by atoms with Crippen LogP contribution in [0.3, 0.4) is 0 Å². The van der Waals surface area contributed by atoms with Crippen molar-refractivity contribution < 1.29 is 0 Å². The molecule has 84 valence electrons. The van der Waals surface area contributed by atoms with Gasteiger partial charge in [-0.2, -0.15) is 0 Å². The molecule has 0 radical (unpaired) electrons. The Morgan fingerprint density at radius 2 is 1.94 bits per heavy atom. The van der Waals surface area contributed by atoms with Gasteiger partial charge in [0.05, 0.1) is 10.7 Å². The van der Waals surface area contributed by atoms with Gasteiger partial charge in [0.25, 0.3) is 0 Å². The zero-order chi connectivity index (χ0) is 11.4. The van der Waals surface area contributed by atoms with Crippen molar-refractivity contribution in [2.75, 3.05) is 0 Å². The van der Waals surface area contributed by atoms with Gasteiger partial charge in [-0.05, 0) is 18.9 Å². The Labute approximate surface area is 101 Å². The minimum absolute atomic E-state index is 0.967. The zero-order valence-electron chi connectivity index (χ0n) is 9.86. The molecule has 0 N–H and O–H groups in total. The van der Waals surface area contributed by atoms with Gasteiger partial charge in [-0.3, -0.25) is 0 Å². The highest BCUT2D eigenvalue weighted by Crippen LogP contribution is 2.16. The number of aryl methyl sites for hydroxylation is 2. The van der Waals surface area contributed by atoms with E-state index in [4.69, 9.17) is 0 Å². The van der Waals surface area contributed by atoms with Crippen molar-refractivity contribution in [2.45, 2.75) is 33.1 Å². The third-order valence-corrected chi connectivity index (χ3v) is 3.48. The molecule has 2 rings (SSSR count). The zero-order valence-corrected chi connectivity index (χ0v) is 10.7. The molecule has 1 aromatic heterocycles. The van der Waals surface area contributed by atoms with Crippen LogP contribution < -0.4 is 0 Å². The molecular weight excluding hydrogens is 214 g/mol. The number of hydrogen-bond acceptors (Lipinski definition) is 2. The minimum atomic E-state index is 0.967. The molecule has 0 saturated carbocycles. The largest absolute Gasteiger partial charge is 0.246 e. The van der Waals surface area contributed by atoms with Gasteiger partial charge in [-0.1, -0.05) is 43.2 Å². The first-order valence-electron chi connectivity index (χ1n) is 5.76. The molecule has 1 nitrogen and oxygen atoms in total. The lowest BCUT2D eigenvalue weighted by Crippen LogP contribution is -1.89. The fourth-order valence-corrected chi connectivity index (χ4v) is 2.54. The first-order valence-corrected chi connectivity index (χ1v) is 6.64. The molecule has 0 aliphatic rings. The molecule has 0 fully saturated rings. The summed E-state index contributed by atoms with van der Waals surface area (Å²) in [4.78, 5) is 4.64. The van der Waals surface area contributed by atoms with Crippen LogP contribution in [0.1, 0.15) is 35.2 Å². The van der Waals surface area contributed by atoms with Crippen LogP contribution in [0.15, 0.2) is 29.6 Å². The summed E-state index contributed by atoms with van der Waals surface area (Å²) in [5, 5.41) is 3.42. The van der Waals surface area contributed by atoms with Crippen LogP contribution in [0.5, 0.6) is 0 Å². The molecule has 16 heavy (non-hydrogen) atoms. The standard InChI is InChI=1S/C14H17NS/c1-3-4-13-10-16-14(15-13)9-12-7-5-11(2)6-8-12/h5-8,10H,3-4,9H2,1-2H3.